The van der Waals surface area contributed by atoms with Crippen LogP contribution in [0.1, 0.15) is 26.7 Å². The zero-order chi connectivity index (χ0) is 9.72. The normalized spacial score (nSPS) is 17.0. The van der Waals surface area contributed by atoms with Crippen molar-refractivity contribution in [1.82, 2.24) is 0 Å². The molecule has 0 fully saturated rings. The maximum Gasteiger partial charge on any atom is -0.0363 e. The fourth-order valence-corrected chi connectivity index (χ4v) is 1.27. The fourth-order valence-electron chi connectivity index (χ4n) is 1.27. The van der Waals surface area contributed by atoms with E-state index in [4.69, 9.17) is 0 Å². The maximum atomic E-state index is 4.11. The Morgan fingerprint density at radius 3 is 1.75 bits per heavy atom. The SMILES string of the molecule is [CH2]C([CH2])CCC(C)C([CH2])C([CH2])C. The molecule has 0 aliphatic rings. The van der Waals surface area contributed by atoms with Crippen LogP contribution < -0.4 is 0 Å². The van der Waals surface area contributed by atoms with Gasteiger partial charge in [0, 0.05) is 0 Å². The quantitative estimate of drug-likeness (QED) is 0.585. The molecule has 0 spiro atoms. The highest BCUT2D eigenvalue weighted by Gasteiger charge is 2.15. The molecule has 0 bridgehead atoms. The first-order chi connectivity index (χ1) is 5.45. The molecule has 0 aliphatic carbocycles. The monoisotopic (exact) mass is 166 g/mol. The van der Waals surface area contributed by atoms with Crippen molar-refractivity contribution < 1.29 is 0 Å². The van der Waals surface area contributed by atoms with E-state index in [2.05, 4.69) is 41.5 Å². The third-order valence-electron chi connectivity index (χ3n) is 2.49. The highest BCUT2D eigenvalue weighted by molar-refractivity contribution is 4.76. The highest BCUT2D eigenvalue weighted by atomic mass is 14.2. The molecule has 0 aliphatic heterocycles. The molecule has 0 N–H and O–H groups in total. The summed E-state index contributed by atoms with van der Waals surface area (Å²) in [6.07, 6.45) is 2.27. The van der Waals surface area contributed by atoms with Crippen LogP contribution in [0, 0.1) is 51.4 Å². The lowest BCUT2D eigenvalue weighted by Gasteiger charge is -2.23. The van der Waals surface area contributed by atoms with Gasteiger partial charge in [0.05, 0.1) is 0 Å². The minimum absolute atomic E-state index is 0.319. The Morgan fingerprint density at radius 2 is 1.42 bits per heavy atom. The van der Waals surface area contributed by atoms with Gasteiger partial charge in [0.1, 0.15) is 0 Å². The predicted molar refractivity (Wildman–Crippen MR) is 56.0 cm³/mol. The summed E-state index contributed by atoms with van der Waals surface area (Å²) in [5.74, 6) is 1.86. The molecular weight excluding hydrogens is 144 g/mol. The topological polar surface area (TPSA) is 0 Å². The summed E-state index contributed by atoms with van der Waals surface area (Å²) in [6.45, 7) is 20.2. The molecule has 0 amide bonds. The molecule has 0 aromatic rings. The van der Waals surface area contributed by atoms with Crippen LogP contribution >= 0.6 is 0 Å². The second-order valence-corrected chi connectivity index (χ2v) is 4.06. The van der Waals surface area contributed by atoms with Crippen LogP contribution in [0.2, 0.25) is 0 Å². The van der Waals surface area contributed by atoms with Gasteiger partial charge in [-0.1, -0.05) is 47.5 Å². The third-order valence-corrected chi connectivity index (χ3v) is 2.49. The summed E-state index contributed by atoms with van der Waals surface area (Å²) in [4.78, 5) is 0. The van der Waals surface area contributed by atoms with Crippen molar-refractivity contribution in [1.29, 1.82) is 0 Å². The van der Waals surface area contributed by atoms with Gasteiger partial charge in [-0.3, -0.25) is 0 Å². The third kappa shape index (κ3) is 4.79. The summed E-state index contributed by atoms with van der Waals surface area (Å²) < 4.78 is 0. The van der Waals surface area contributed by atoms with E-state index in [-0.39, 0.29) is 0 Å². The van der Waals surface area contributed by atoms with Crippen molar-refractivity contribution in [3.05, 3.63) is 27.7 Å². The van der Waals surface area contributed by atoms with Crippen molar-refractivity contribution >= 4 is 0 Å². The fraction of sp³-hybridized carbons (Fsp3) is 0.667. The lowest BCUT2D eigenvalue weighted by atomic mass is 9.82. The van der Waals surface area contributed by atoms with Gasteiger partial charge < -0.3 is 0 Å². The largest absolute Gasteiger partial charge is 0.0622 e. The average molecular weight is 166 g/mol. The molecular formula is C12H22. The van der Waals surface area contributed by atoms with Gasteiger partial charge in [-0.2, -0.15) is 0 Å². The van der Waals surface area contributed by atoms with Gasteiger partial charge in [0.25, 0.3) is 0 Å². The summed E-state index contributed by atoms with van der Waals surface area (Å²) >= 11 is 0. The van der Waals surface area contributed by atoms with Gasteiger partial charge in [-0.05, 0) is 30.6 Å². The van der Waals surface area contributed by atoms with E-state index in [0.717, 1.165) is 6.42 Å². The number of hydrogen-bond donors (Lipinski definition) is 0. The molecule has 0 saturated carbocycles. The molecule has 0 rings (SSSR count). The minimum atomic E-state index is 0.319. The van der Waals surface area contributed by atoms with Crippen molar-refractivity contribution in [3.63, 3.8) is 0 Å². The Kier molecular flexibility index (Phi) is 5.61. The Bertz CT molecular complexity index is 103. The predicted octanol–water partition coefficient (Wildman–Crippen LogP) is 3.61. The van der Waals surface area contributed by atoms with Crippen molar-refractivity contribution in [2.24, 2.45) is 23.7 Å². The second kappa shape index (κ2) is 5.61. The van der Waals surface area contributed by atoms with E-state index in [1.807, 2.05) is 0 Å². The molecule has 0 aromatic carbocycles. The summed E-state index contributed by atoms with van der Waals surface area (Å²) in [7, 11) is 0. The number of hydrogen-bond acceptors (Lipinski definition) is 0. The Morgan fingerprint density at radius 1 is 0.917 bits per heavy atom. The van der Waals surface area contributed by atoms with Gasteiger partial charge in [-0.15, -0.1) is 0 Å². The first-order valence-electron chi connectivity index (χ1n) is 4.77. The maximum absolute atomic E-state index is 4.11. The minimum Gasteiger partial charge on any atom is -0.0622 e. The van der Waals surface area contributed by atoms with Crippen LogP contribution in [0.25, 0.3) is 0 Å². The van der Waals surface area contributed by atoms with Crippen molar-refractivity contribution in [2.45, 2.75) is 26.7 Å². The van der Waals surface area contributed by atoms with Crippen LogP contribution in [0.5, 0.6) is 0 Å². The van der Waals surface area contributed by atoms with Crippen LogP contribution in [0.3, 0.4) is 0 Å². The molecule has 0 nitrogen and oxygen atoms in total. The molecule has 70 valence electrons. The van der Waals surface area contributed by atoms with E-state index in [9.17, 15) is 0 Å². The zero-order valence-electron chi connectivity index (χ0n) is 8.55. The highest BCUT2D eigenvalue weighted by Crippen LogP contribution is 2.24. The van der Waals surface area contributed by atoms with E-state index in [1.165, 1.54) is 6.42 Å². The van der Waals surface area contributed by atoms with Crippen molar-refractivity contribution in [3.8, 4) is 0 Å². The standard InChI is InChI=1S/C12H22/c1-9(2)7-8-11(5)12(6)10(3)4/h9-12H,1-3,6-8H2,4-5H3. The van der Waals surface area contributed by atoms with Gasteiger partial charge in [-0.25, -0.2) is 0 Å². The smallest absolute Gasteiger partial charge is 0.0363 e. The molecule has 0 heterocycles. The summed E-state index contributed by atoms with van der Waals surface area (Å²) in [5, 5.41) is 0. The van der Waals surface area contributed by atoms with E-state index in [0.29, 0.717) is 23.7 Å². The zero-order valence-corrected chi connectivity index (χ0v) is 8.55. The van der Waals surface area contributed by atoms with Gasteiger partial charge in [0.15, 0.2) is 0 Å². The molecule has 3 atom stereocenters. The summed E-state index contributed by atoms with van der Waals surface area (Å²) in [6, 6.07) is 0. The molecule has 3 unspecified atom stereocenters. The van der Waals surface area contributed by atoms with Crippen LogP contribution in [0.15, 0.2) is 0 Å². The van der Waals surface area contributed by atoms with Gasteiger partial charge >= 0.3 is 0 Å². The summed E-state index contributed by atoms with van der Waals surface area (Å²) in [5.41, 5.74) is 0. The first-order valence-corrected chi connectivity index (χ1v) is 4.77. The lowest BCUT2D eigenvalue weighted by Crippen LogP contribution is -2.15. The Hall–Kier alpha value is 0. The lowest BCUT2D eigenvalue weighted by molar-refractivity contribution is 0.322. The molecule has 0 aromatic heterocycles. The first kappa shape index (κ1) is 12.0. The van der Waals surface area contributed by atoms with Crippen LogP contribution in [0.4, 0.5) is 0 Å². The Balaban J connectivity index is 3.64. The van der Waals surface area contributed by atoms with Crippen LogP contribution in [-0.4, -0.2) is 0 Å². The van der Waals surface area contributed by atoms with E-state index in [1.54, 1.807) is 0 Å². The second-order valence-electron chi connectivity index (χ2n) is 4.06. The molecule has 4 radical (unpaired) electrons. The average Bonchev–Trinajstić information content (AvgIpc) is 1.98. The van der Waals surface area contributed by atoms with Crippen molar-refractivity contribution in [2.75, 3.05) is 0 Å². The van der Waals surface area contributed by atoms with Gasteiger partial charge in [0.2, 0.25) is 0 Å². The van der Waals surface area contributed by atoms with Crippen LogP contribution in [-0.2, 0) is 0 Å². The van der Waals surface area contributed by atoms with E-state index >= 15 is 0 Å². The Labute approximate surface area is 78.8 Å². The molecule has 0 heteroatoms. The van der Waals surface area contributed by atoms with E-state index < -0.39 is 0 Å². The number of rotatable bonds is 5. The molecule has 12 heavy (non-hydrogen) atoms. The molecule has 0 saturated heterocycles.